The molecule has 1 fully saturated rings. The maximum absolute atomic E-state index is 12.8. The van der Waals surface area contributed by atoms with Crippen molar-refractivity contribution in [3.8, 4) is 0 Å². The van der Waals surface area contributed by atoms with Gasteiger partial charge in [0.1, 0.15) is 6.67 Å². The maximum Gasteiger partial charge on any atom is 0.289 e. The molecule has 1 heterocycles. The molecular weight excluding hydrogens is 289 g/mol. The summed E-state index contributed by atoms with van der Waals surface area (Å²) in [5.41, 5.74) is 4.00. The van der Waals surface area contributed by atoms with E-state index >= 15 is 0 Å². The third-order valence-corrected chi connectivity index (χ3v) is 5.19. The summed E-state index contributed by atoms with van der Waals surface area (Å²) in [6.07, 6.45) is 0.184. The third-order valence-electron chi connectivity index (χ3n) is 3.30. The Morgan fingerprint density at radius 2 is 2.10 bits per heavy atom. The Bertz CT molecular complexity index is 636. The molecule has 1 aliphatic heterocycles. The zero-order valence-corrected chi connectivity index (χ0v) is 11.3. The molecule has 1 atom stereocenters. The van der Waals surface area contributed by atoms with Crippen molar-refractivity contribution in [2.45, 2.75) is 16.9 Å². The van der Waals surface area contributed by atoms with Crippen molar-refractivity contribution < 1.29 is 17.7 Å². The van der Waals surface area contributed by atoms with Crippen molar-refractivity contribution in [1.82, 2.24) is 4.31 Å². The summed E-state index contributed by atoms with van der Waals surface area (Å²) in [5.74, 6) is 0. The molecule has 0 amide bonds. The summed E-state index contributed by atoms with van der Waals surface area (Å²) in [7, 11) is -4.05. The normalized spacial score (nSPS) is 23.9. The number of alkyl halides is 1. The van der Waals surface area contributed by atoms with Crippen molar-refractivity contribution in [2.24, 2.45) is 5.73 Å². The minimum Gasteiger partial charge on any atom is -0.322 e. The van der Waals surface area contributed by atoms with Crippen molar-refractivity contribution >= 4 is 15.7 Å². The van der Waals surface area contributed by atoms with E-state index in [4.69, 9.17) is 5.73 Å². The molecule has 0 bridgehead atoms. The number of halogens is 1. The van der Waals surface area contributed by atoms with Crippen LogP contribution >= 0.6 is 0 Å². The largest absolute Gasteiger partial charge is 0.322 e. The minimum absolute atomic E-state index is 0.0504. The molecule has 0 radical (unpaired) electrons. The van der Waals surface area contributed by atoms with E-state index in [-0.39, 0.29) is 19.5 Å². The highest BCUT2D eigenvalue weighted by Gasteiger charge is 2.42. The third kappa shape index (κ3) is 2.51. The van der Waals surface area contributed by atoms with Crippen molar-refractivity contribution in [1.29, 1.82) is 0 Å². The second-order valence-corrected chi connectivity index (χ2v) is 6.72. The smallest absolute Gasteiger partial charge is 0.289 e. The van der Waals surface area contributed by atoms with Crippen LogP contribution < -0.4 is 5.73 Å². The fraction of sp³-hybridized carbons (Fsp3) is 0.455. The predicted molar refractivity (Wildman–Crippen MR) is 69.4 cm³/mol. The number of rotatable bonds is 4. The van der Waals surface area contributed by atoms with E-state index in [1.165, 1.54) is 18.2 Å². The molecule has 110 valence electrons. The van der Waals surface area contributed by atoms with Gasteiger partial charge in [-0.2, -0.15) is 4.31 Å². The Morgan fingerprint density at radius 3 is 2.65 bits per heavy atom. The van der Waals surface area contributed by atoms with Crippen LogP contribution in [0.3, 0.4) is 0 Å². The van der Waals surface area contributed by atoms with Crippen LogP contribution in [0.1, 0.15) is 6.42 Å². The van der Waals surface area contributed by atoms with Gasteiger partial charge in [-0.05, 0) is 12.5 Å². The number of nitro groups is 1. The minimum atomic E-state index is -4.05. The topological polar surface area (TPSA) is 107 Å². The number of nitro benzene ring substituents is 1. The number of hydrogen-bond acceptors (Lipinski definition) is 5. The zero-order valence-electron chi connectivity index (χ0n) is 10.5. The van der Waals surface area contributed by atoms with Crippen LogP contribution in [-0.4, -0.2) is 42.9 Å². The molecule has 2 N–H and O–H groups in total. The van der Waals surface area contributed by atoms with E-state index in [0.29, 0.717) is 0 Å². The average Bonchev–Trinajstić information content (AvgIpc) is 2.83. The van der Waals surface area contributed by atoms with Gasteiger partial charge >= 0.3 is 0 Å². The van der Waals surface area contributed by atoms with Gasteiger partial charge in [-0.1, -0.05) is 12.1 Å². The SMILES string of the molecule is NC1(CF)CCN(S(=O)(=O)c2ccccc2[N+](=O)[O-])C1. The van der Waals surface area contributed by atoms with Crippen LogP contribution in [0.2, 0.25) is 0 Å². The Morgan fingerprint density at radius 1 is 1.45 bits per heavy atom. The molecule has 7 nitrogen and oxygen atoms in total. The summed E-state index contributed by atoms with van der Waals surface area (Å²) in [6, 6.07) is 5.07. The molecule has 1 aliphatic rings. The molecule has 9 heteroatoms. The van der Waals surface area contributed by atoms with E-state index in [1.807, 2.05) is 0 Å². The van der Waals surface area contributed by atoms with Crippen molar-refractivity contribution in [2.75, 3.05) is 19.8 Å². The van der Waals surface area contributed by atoms with Gasteiger partial charge in [0.25, 0.3) is 5.69 Å². The molecule has 1 unspecified atom stereocenters. The van der Waals surface area contributed by atoms with Crippen LogP contribution in [0.4, 0.5) is 10.1 Å². The lowest BCUT2D eigenvalue weighted by Crippen LogP contribution is -2.45. The number of nitrogens with two attached hydrogens (primary N) is 1. The molecule has 2 rings (SSSR count). The molecule has 0 spiro atoms. The molecule has 0 aromatic heterocycles. The van der Waals surface area contributed by atoms with Gasteiger partial charge in [-0.25, -0.2) is 12.8 Å². The van der Waals surface area contributed by atoms with Crippen LogP contribution in [0.5, 0.6) is 0 Å². The highest BCUT2D eigenvalue weighted by Crippen LogP contribution is 2.30. The molecule has 1 aromatic carbocycles. The molecule has 1 saturated heterocycles. The first-order chi connectivity index (χ1) is 9.30. The van der Waals surface area contributed by atoms with E-state index < -0.39 is 37.7 Å². The van der Waals surface area contributed by atoms with Crippen LogP contribution in [0.25, 0.3) is 0 Å². The highest BCUT2D eigenvalue weighted by atomic mass is 32.2. The first-order valence-corrected chi connectivity index (χ1v) is 7.33. The predicted octanol–water partition coefficient (Wildman–Crippen LogP) is 0.656. The molecular formula is C11H14FN3O4S. The second-order valence-electron chi connectivity index (χ2n) is 4.81. The summed E-state index contributed by atoms with van der Waals surface area (Å²) < 4.78 is 38.6. The van der Waals surface area contributed by atoms with Crippen molar-refractivity contribution in [3.63, 3.8) is 0 Å². The number of para-hydroxylation sites is 1. The van der Waals surface area contributed by atoms with Gasteiger partial charge in [0, 0.05) is 19.2 Å². The Kier molecular flexibility index (Phi) is 3.76. The number of benzene rings is 1. The first-order valence-electron chi connectivity index (χ1n) is 5.89. The van der Waals surface area contributed by atoms with Crippen LogP contribution in [0.15, 0.2) is 29.2 Å². The first kappa shape index (κ1) is 14.8. The molecule has 0 saturated carbocycles. The van der Waals surface area contributed by atoms with Crippen LogP contribution in [-0.2, 0) is 10.0 Å². The van der Waals surface area contributed by atoms with Gasteiger partial charge in [0.2, 0.25) is 10.0 Å². The monoisotopic (exact) mass is 303 g/mol. The lowest BCUT2D eigenvalue weighted by Gasteiger charge is -2.20. The summed E-state index contributed by atoms with van der Waals surface area (Å²) in [4.78, 5) is 9.75. The lowest BCUT2D eigenvalue weighted by molar-refractivity contribution is -0.387. The van der Waals surface area contributed by atoms with Gasteiger partial charge in [-0.3, -0.25) is 10.1 Å². The number of sulfonamides is 1. The summed E-state index contributed by atoms with van der Waals surface area (Å²) in [5, 5.41) is 10.9. The van der Waals surface area contributed by atoms with Gasteiger partial charge in [0.15, 0.2) is 4.90 Å². The van der Waals surface area contributed by atoms with Crippen molar-refractivity contribution in [3.05, 3.63) is 34.4 Å². The Balaban J connectivity index is 2.40. The van der Waals surface area contributed by atoms with E-state index in [0.717, 1.165) is 10.4 Å². The maximum atomic E-state index is 12.8. The summed E-state index contributed by atoms with van der Waals surface area (Å²) >= 11 is 0. The zero-order chi connectivity index (χ0) is 15.0. The van der Waals surface area contributed by atoms with Gasteiger partial charge in [-0.15, -0.1) is 0 Å². The fourth-order valence-electron chi connectivity index (χ4n) is 2.14. The van der Waals surface area contributed by atoms with E-state index in [9.17, 15) is 22.9 Å². The van der Waals surface area contributed by atoms with Gasteiger partial charge < -0.3 is 5.73 Å². The number of nitrogens with zero attached hydrogens (tertiary/aromatic N) is 2. The molecule has 0 aliphatic carbocycles. The lowest BCUT2D eigenvalue weighted by atomic mass is 10.0. The van der Waals surface area contributed by atoms with E-state index in [2.05, 4.69) is 0 Å². The summed E-state index contributed by atoms with van der Waals surface area (Å²) in [6.45, 7) is -0.970. The van der Waals surface area contributed by atoms with E-state index in [1.54, 1.807) is 0 Å². The number of hydrogen-bond donors (Lipinski definition) is 1. The Labute approximate surface area is 115 Å². The Hall–Kier alpha value is -1.58. The fourth-order valence-corrected chi connectivity index (χ4v) is 3.83. The second kappa shape index (κ2) is 5.08. The highest BCUT2D eigenvalue weighted by molar-refractivity contribution is 7.89. The standard InChI is InChI=1S/C11H14FN3O4S/c12-7-11(13)5-6-14(8-11)20(18,19)10-4-2-1-3-9(10)15(16)17/h1-4H,5-8,13H2. The van der Waals surface area contributed by atoms with Gasteiger partial charge in [0.05, 0.1) is 10.5 Å². The molecule has 1 aromatic rings. The van der Waals surface area contributed by atoms with Crippen LogP contribution in [0, 0.1) is 10.1 Å². The average molecular weight is 303 g/mol. The molecule has 20 heavy (non-hydrogen) atoms. The quantitative estimate of drug-likeness (QED) is 0.649.